The fourth-order valence-electron chi connectivity index (χ4n) is 0.657. The first-order chi connectivity index (χ1) is 7.41. The van der Waals surface area contributed by atoms with Gasteiger partial charge in [-0.3, -0.25) is 0 Å². The Morgan fingerprint density at radius 1 is 0.867 bits per heavy atom. The third kappa shape index (κ3) is 60.5. The first kappa shape index (κ1) is 23.8. The Bertz CT molecular complexity index is 95.8. The fraction of sp³-hybridized carbons (Fsp3) is 0.727. The number of hydrogen-bond acceptors (Lipinski definition) is 4. The van der Waals surface area contributed by atoms with Gasteiger partial charge in [0.25, 0.3) is 0 Å². The van der Waals surface area contributed by atoms with E-state index in [4.69, 9.17) is 0 Å². The van der Waals surface area contributed by atoms with Crippen molar-refractivity contribution in [3.63, 3.8) is 0 Å². The second kappa shape index (κ2) is 50.7. The summed E-state index contributed by atoms with van der Waals surface area (Å²) in [6.45, 7) is 2.01. The van der Waals surface area contributed by atoms with Crippen LogP contribution in [0.5, 0.6) is 0 Å². The maximum atomic E-state index is 9.82. The molecule has 6 N–H and O–H groups in total. The lowest BCUT2D eigenvalue weighted by Gasteiger charge is -1.88. The molecule has 0 heterocycles. The minimum Gasteiger partial charge on any atom is -0.333 e. The molecule has 0 saturated heterocycles. The minimum absolute atomic E-state index is 0.720. The highest BCUT2D eigenvalue weighted by Gasteiger charge is 1.82. The average Bonchev–Trinajstić information content (AvgIpc) is 2.37. The predicted molar refractivity (Wildman–Crippen MR) is 69.7 cm³/mol. The van der Waals surface area contributed by atoms with E-state index in [-0.39, 0.29) is 0 Å². The summed E-state index contributed by atoms with van der Waals surface area (Å²) in [6.07, 6.45) is 9.17. The van der Waals surface area contributed by atoms with E-state index in [1.54, 1.807) is 0 Å². The SMILES string of the molecule is CC=CCCCCC=O.CN.CN.CN. The van der Waals surface area contributed by atoms with Crippen LogP contribution in [0.15, 0.2) is 12.2 Å². The topological polar surface area (TPSA) is 95.1 Å². The lowest BCUT2D eigenvalue weighted by Crippen LogP contribution is -1.75. The second-order valence-corrected chi connectivity index (χ2v) is 2.02. The van der Waals surface area contributed by atoms with Gasteiger partial charge < -0.3 is 22.0 Å². The van der Waals surface area contributed by atoms with E-state index in [1.165, 1.54) is 21.1 Å². The van der Waals surface area contributed by atoms with Crippen molar-refractivity contribution in [2.45, 2.75) is 32.6 Å². The van der Waals surface area contributed by atoms with Gasteiger partial charge in [-0.15, -0.1) is 0 Å². The minimum atomic E-state index is 0.720. The molecule has 0 saturated carbocycles. The third-order valence-electron chi connectivity index (χ3n) is 1.18. The van der Waals surface area contributed by atoms with Gasteiger partial charge in [0, 0.05) is 6.42 Å². The summed E-state index contributed by atoms with van der Waals surface area (Å²) < 4.78 is 0. The van der Waals surface area contributed by atoms with Gasteiger partial charge in [-0.2, -0.15) is 0 Å². The van der Waals surface area contributed by atoms with Crippen LogP contribution in [0, 0.1) is 0 Å². The molecule has 0 aromatic carbocycles. The van der Waals surface area contributed by atoms with Gasteiger partial charge >= 0.3 is 0 Å². The van der Waals surface area contributed by atoms with Crippen molar-refractivity contribution in [1.82, 2.24) is 0 Å². The molecule has 0 unspecified atom stereocenters. The summed E-state index contributed by atoms with van der Waals surface area (Å²) in [7, 11) is 4.50. The highest BCUT2D eigenvalue weighted by molar-refractivity contribution is 5.48. The molecule has 94 valence electrons. The average molecular weight is 219 g/mol. The van der Waals surface area contributed by atoms with E-state index < -0.39 is 0 Å². The molecular formula is C11H29N3O. The van der Waals surface area contributed by atoms with E-state index in [1.807, 2.05) is 13.0 Å². The van der Waals surface area contributed by atoms with Crippen LogP contribution >= 0.6 is 0 Å². The van der Waals surface area contributed by atoms with Crippen LogP contribution in [0.2, 0.25) is 0 Å². The smallest absolute Gasteiger partial charge is 0.119 e. The first-order valence-electron chi connectivity index (χ1n) is 5.19. The molecule has 0 aliphatic heterocycles. The van der Waals surface area contributed by atoms with Crippen molar-refractivity contribution in [2.75, 3.05) is 21.1 Å². The molecule has 0 aliphatic carbocycles. The molecule has 0 aromatic heterocycles. The van der Waals surface area contributed by atoms with Crippen LogP contribution in [0.25, 0.3) is 0 Å². The van der Waals surface area contributed by atoms with Crippen molar-refractivity contribution >= 4 is 6.29 Å². The molecule has 4 heteroatoms. The molecule has 0 amide bonds. The molecule has 4 nitrogen and oxygen atoms in total. The normalized spacial score (nSPS) is 7.40. The largest absolute Gasteiger partial charge is 0.333 e. The standard InChI is InChI=1S/C8H14O.3CH5N/c1-2-3-4-5-6-7-8-9;3*1-2/h2-3,8H,4-7H2,1H3;3*2H2,1H3. The van der Waals surface area contributed by atoms with Crippen molar-refractivity contribution < 1.29 is 4.79 Å². The summed E-state index contributed by atoms with van der Waals surface area (Å²) in [6, 6.07) is 0. The molecular weight excluding hydrogens is 190 g/mol. The van der Waals surface area contributed by atoms with Gasteiger partial charge in [0.15, 0.2) is 0 Å². The van der Waals surface area contributed by atoms with Crippen LogP contribution in [0.1, 0.15) is 32.6 Å². The zero-order valence-corrected chi connectivity index (χ0v) is 10.7. The predicted octanol–water partition coefficient (Wildman–Crippen LogP) is 1.05. The number of unbranched alkanes of at least 4 members (excludes halogenated alkanes) is 3. The number of hydrogen-bond donors (Lipinski definition) is 3. The van der Waals surface area contributed by atoms with Crippen LogP contribution in [0.3, 0.4) is 0 Å². The van der Waals surface area contributed by atoms with Crippen LogP contribution in [-0.2, 0) is 4.79 Å². The molecule has 0 rings (SSSR count). The molecule has 0 spiro atoms. The summed E-state index contributed by atoms with van der Waals surface area (Å²) in [4.78, 5) is 9.82. The lowest BCUT2D eigenvalue weighted by molar-refractivity contribution is -0.107. The Morgan fingerprint density at radius 2 is 1.27 bits per heavy atom. The van der Waals surface area contributed by atoms with Crippen molar-refractivity contribution in [1.29, 1.82) is 0 Å². The molecule has 0 bridgehead atoms. The molecule has 0 aliphatic rings. The molecule has 0 atom stereocenters. The van der Waals surface area contributed by atoms with Crippen molar-refractivity contribution in [2.24, 2.45) is 17.2 Å². The Morgan fingerprint density at radius 3 is 1.60 bits per heavy atom. The summed E-state index contributed by atoms with van der Waals surface area (Å²) in [5.41, 5.74) is 13.5. The molecule has 0 fully saturated rings. The van der Waals surface area contributed by atoms with E-state index in [0.717, 1.165) is 32.0 Å². The molecule has 15 heavy (non-hydrogen) atoms. The van der Waals surface area contributed by atoms with Crippen LogP contribution < -0.4 is 17.2 Å². The quantitative estimate of drug-likeness (QED) is 0.366. The van der Waals surface area contributed by atoms with Crippen LogP contribution in [0.4, 0.5) is 0 Å². The van der Waals surface area contributed by atoms with Gasteiger partial charge in [0.05, 0.1) is 0 Å². The number of rotatable bonds is 5. The number of allylic oxidation sites excluding steroid dienone is 2. The van der Waals surface area contributed by atoms with Crippen molar-refractivity contribution in [3.05, 3.63) is 12.2 Å². The van der Waals surface area contributed by atoms with Gasteiger partial charge in [-0.1, -0.05) is 12.2 Å². The number of carbonyl (C=O) groups excluding carboxylic acids is 1. The highest BCUT2D eigenvalue weighted by Crippen LogP contribution is 1.97. The van der Waals surface area contributed by atoms with E-state index in [0.29, 0.717) is 0 Å². The third-order valence-corrected chi connectivity index (χ3v) is 1.18. The van der Waals surface area contributed by atoms with E-state index >= 15 is 0 Å². The monoisotopic (exact) mass is 219 g/mol. The van der Waals surface area contributed by atoms with Gasteiger partial charge in [-0.05, 0) is 47.3 Å². The van der Waals surface area contributed by atoms with Crippen LogP contribution in [-0.4, -0.2) is 27.4 Å². The summed E-state index contributed by atoms with van der Waals surface area (Å²) in [5, 5.41) is 0. The van der Waals surface area contributed by atoms with E-state index in [9.17, 15) is 4.79 Å². The van der Waals surface area contributed by atoms with Crippen molar-refractivity contribution in [3.8, 4) is 0 Å². The zero-order chi connectivity index (χ0) is 12.9. The zero-order valence-electron chi connectivity index (χ0n) is 10.7. The maximum Gasteiger partial charge on any atom is 0.119 e. The van der Waals surface area contributed by atoms with E-state index in [2.05, 4.69) is 23.3 Å². The van der Waals surface area contributed by atoms with Gasteiger partial charge in [-0.25, -0.2) is 0 Å². The van der Waals surface area contributed by atoms with Gasteiger partial charge in [0.2, 0.25) is 0 Å². The Balaban J connectivity index is -0.0000000860. The summed E-state index contributed by atoms with van der Waals surface area (Å²) >= 11 is 0. The maximum absolute atomic E-state index is 9.82. The Kier molecular flexibility index (Phi) is 80.6. The number of carbonyl (C=O) groups is 1. The number of aldehydes is 1. The van der Waals surface area contributed by atoms with Gasteiger partial charge in [0.1, 0.15) is 6.29 Å². The summed E-state index contributed by atoms with van der Waals surface area (Å²) in [5.74, 6) is 0. The lowest BCUT2D eigenvalue weighted by atomic mass is 10.2. The molecule has 0 radical (unpaired) electrons. The first-order valence-corrected chi connectivity index (χ1v) is 5.19. The second-order valence-electron chi connectivity index (χ2n) is 2.02. The Hall–Kier alpha value is -0.710. The highest BCUT2D eigenvalue weighted by atomic mass is 16.1. The molecule has 0 aromatic rings. The Labute approximate surface area is 94.9 Å². The fourth-order valence-corrected chi connectivity index (χ4v) is 0.657. The number of nitrogens with two attached hydrogens (primary N) is 3.